The van der Waals surface area contributed by atoms with E-state index < -0.39 is 17.7 Å². The molecule has 1 aliphatic carbocycles. The van der Waals surface area contributed by atoms with Gasteiger partial charge in [0.1, 0.15) is 11.6 Å². The van der Waals surface area contributed by atoms with Gasteiger partial charge in [0.15, 0.2) is 0 Å². The van der Waals surface area contributed by atoms with Crippen LogP contribution in [0.4, 0.5) is 8.78 Å². The first-order chi connectivity index (χ1) is 9.70. The molecule has 0 aromatic heterocycles. The second-order valence-corrected chi connectivity index (χ2v) is 8.08. The van der Waals surface area contributed by atoms with Gasteiger partial charge in [0.25, 0.3) is 0 Å². The van der Waals surface area contributed by atoms with Gasteiger partial charge in [-0.2, -0.15) is 0 Å². The molecule has 0 aliphatic heterocycles. The van der Waals surface area contributed by atoms with Crippen LogP contribution in [0.2, 0.25) is 0 Å². The Bertz CT molecular complexity index is 510. The van der Waals surface area contributed by atoms with Crippen LogP contribution < -0.4 is 0 Å². The van der Waals surface area contributed by atoms with E-state index in [0.29, 0.717) is 12.3 Å². The fourth-order valence-corrected chi connectivity index (χ4v) is 3.64. The van der Waals surface area contributed by atoms with Gasteiger partial charge in [-0.3, -0.25) is 0 Å². The van der Waals surface area contributed by atoms with Crippen molar-refractivity contribution < 1.29 is 13.9 Å². The van der Waals surface area contributed by atoms with Crippen LogP contribution >= 0.6 is 15.9 Å². The van der Waals surface area contributed by atoms with E-state index in [0.717, 1.165) is 12.8 Å². The third-order valence-electron chi connectivity index (χ3n) is 4.77. The van der Waals surface area contributed by atoms with Crippen LogP contribution in [-0.2, 0) is 6.42 Å². The zero-order valence-corrected chi connectivity index (χ0v) is 14.4. The minimum atomic E-state index is -0.542. The smallest absolute Gasteiger partial charge is 0.143 e. The van der Waals surface area contributed by atoms with Crippen LogP contribution in [-0.4, -0.2) is 11.2 Å². The van der Waals surface area contributed by atoms with E-state index in [4.69, 9.17) is 0 Å². The highest BCUT2D eigenvalue weighted by Crippen LogP contribution is 2.41. The zero-order valence-electron chi connectivity index (χ0n) is 12.8. The number of aliphatic hydroxyl groups is 1. The van der Waals surface area contributed by atoms with Crippen molar-refractivity contribution in [2.24, 2.45) is 17.3 Å². The van der Waals surface area contributed by atoms with Crippen LogP contribution in [0, 0.1) is 28.9 Å². The molecule has 1 aromatic rings. The largest absolute Gasteiger partial charge is 0.393 e. The molecule has 21 heavy (non-hydrogen) atoms. The first-order valence-electron chi connectivity index (χ1n) is 7.50. The molecule has 1 N–H and O–H groups in total. The molecule has 1 aliphatic rings. The molecule has 1 aromatic carbocycles. The van der Waals surface area contributed by atoms with Gasteiger partial charge in [-0.05, 0) is 71.0 Å². The summed E-state index contributed by atoms with van der Waals surface area (Å²) in [6, 6.07) is 2.66. The summed E-state index contributed by atoms with van der Waals surface area (Å²) in [4.78, 5) is 0. The Morgan fingerprint density at radius 2 is 1.90 bits per heavy atom. The zero-order chi connectivity index (χ0) is 15.8. The fourth-order valence-electron chi connectivity index (χ4n) is 3.27. The lowest BCUT2D eigenvalue weighted by Crippen LogP contribution is -2.36. The fraction of sp³-hybridized carbons (Fsp3) is 0.647. The normalized spacial score (nSPS) is 26.9. The average molecular weight is 361 g/mol. The molecule has 1 fully saturated rings. The van der Waals surface area contributed by atoms with Crippen molar-refractivity contribution in [3.8, 4) is 0 Å². The van der Waals surface area contributed by atoms with E-state index in [9.17, 15) is 13.9 Å². The molecule has 0 saturated heterocycles. The highest BCUT2D eigenvalue weighted by atomic mass is 79.9. The molecule has 3 atom stereocenters. The summed E-state index contributed by atoms with van der Waals surface area (Å²) in [5, 5.41) is 10.2. The van der Waals surface area contributed by atoms with Crippen LogP contribution in [0.25, 0.3) is 0 Å². The highest BCUT2D eigenvalue weighted by Gasteiger charge is 2.35. The number of halogens is 3. The van der Waals surface area contributed by atoms with E-state index in [-0.39, 0.29) is 27.8 Å². The number of aliphatic hydroxyl groups excluding tert-OH is 1. The van der Waals surface area contributed by atoms with Gasteiger partial charge in [0, 0.05) is 5.56 Å². The molecule has 0 amide bonds. The summed E-state index contributed by atoms with van der Waals surface area (Å²) >= 11 is 3.10. The second kappa shape index (κ2) is 6.33. The SMILES string of the molecule is CC(C)(C)C1CCC(O)C(Cc2c(F)ccc(Br)c2F)C1. The maximum atomic E-state index is 14.1. The summed E-state index contributed by atoms with van der Waals surface area (Å²) in [5.74, 6) is -0.675. The molecule has 1 nitrogen and oxygen atoms in total. The third-order valence-corrected chi connectivity index (χ3v) is 5.38. The molecule has 0 spiro atoms. The Morgan fingerprint density at radius 3 is 2.52 bits per heavy atom. The Kier molecular flexibility index (Phi) is 5.09. The van der Waals surface area contributed by atoms with Gasteiger partial charge in [0.05, 0.1) is 10.6 Å². The van der Waals surface area contributed by atoms with Crippen LogP contribution in [0.3, 0.4) is 0 Å². The van der Waals surface area contributed by atoms with E-state index in [2.05, 4.69) is 36.7 Å². The lowest BCUT2D eigenvalue weighted by Gasteiger charge is -2.40. The number of hydrogen-bond donors (Lipinski definition) is 1. The maximum absolute atomic E-state index is 14.1. The molecule has 0 heterocycles. The van der Waals surface area contributed by atoms with Gasteiger partial charge in [0.2, 0.25) is 0 Å². The van der Waals surface area contributed by atoms with Crippen LogP contribution in [0.5, 0.6) is 0 Å². The van der Waals surface area contributed by atoms with E-state index in [1.165, 1.54) is 12.1 Å². The molecule has 118 valence electrons. The summed E-state index contributed by atoms with van der Waals surface area (Å²) in [6.45, 7) is 6.56. The Morgan fingerprint density at radius 1 is 1.24 bits per heavy atom. The van der Waals surface area contributed by atoms with Gasteiger partial charge in [-0.15, -0.1) is 0 Å². The molecule has 0 bridgehead atoms. The standard InChI is InChI=1S/C17H23BrF2O/c1-17(2,3)11-4-7-15(21)10(8-11)9-12-14(19)6-5-13(18)16(12)20/h5-6,10-11,15,21H,4,7-9H2,1-3H3. The van der Waals surface area contributed by atoms with Gasteiger partial charge in [-0.1, -0.05) is 20.8 Å². The summed E-state index contributed by atoms with van der Waals surface area (Å²) in [7, 11) is 0. The lowest BCUT2D eigenvalue weighted by molar-refractivity contribution is 0.0190. The third kappa shape index (κ3) is 3.84. The van der Waals surface area contributed by atoms with Crippen molar-refractivity contribution in [1.82, 2.24) is 0 Å². The molecule has 0 radical (unpaired) electrons. The minimum Gasteiger partial charge on any atom is -0.393 e. The monoisotopic (exact) mass is 360 g/mol. The van der Waals surface area contributed by atoms with E-state index in [1.54, 1.807) is 0 Å². The lowest BCUT2D eigenvalue weighted by atomic mass is 9.67. The quantitative estimate of drug-likeness (QED) is 0.728. The summed E-state index contributed by atoms with van der Waals surface area (Å²) in [5.41, 5.74) is 0.246. The molecule has 2 rings (SSSR count). The van der Waals surface area contributed by atoms with Crippen LogP contribution in [0.15, 0.2) is 16.6 Å². The van der Waals surface area contributed by atoms with E-state index >= 15 is 0 Å². The first kappa shape index (κ1) is 16.9. The van der Waals surface area contributed by atoms with Crippen molar-refractivity contribution in [2.45, 2.75) is 52.6 Å². The number of rotatable bonds is 2. The predicted molar refractivity (Wildman–Crippen MR) is 84.1 cm³/mol. The molecular weight excluding hydrogens is 338 g/mol. The van der Waals surface area contributed by atoms with Gasteiger partial charge >= 0.3 is 0 Å². The summed E-state index contributed by atoms with van der Waals surface area (Å²) < 4.78 is 28.3. The first-order valence-corrected chi connectivity index (χ1v) is 8.30. The van der Waals surface area contributed by atoms with E-state index in [1.807, 2.05) is 0 Å². The van der Waals surface area contributed by atoms with Crippen molar-refractivity contribution in [3.63, 3.8) is 0 Å². The maximum Gasteiger partial charge on any atom is 0.143 e. The molecule has 4 heteroatoms. The van der Waals surface area contributed by atoms with Crippen LogP contribution in [0.1, 0.15) is 45.6 Å². The minimum absolute atomic E-state index is 0.0822. The second-order valence-electron chi connectivity index (χ2n) is 7.23. The molecular formula is C17H23BrF2O. The Hall–Kier alpha value is -0.480. The molecule has 1 saturated carbocycles. The Balaban J connectivity index is 2.20. The predicted octanol–water partition coefficient (Wildman–Crippen LogP) is 5.09. The van der Waals surface area contributed by atoms with Gasteiger partial charge < -0.3 is 5.11 Å². The highest BCUT2D eigenvalue weighted by molar-refractivity contribution is 9.10. The number of hydrogen-bond acceptors (Lipinski definition) is 1. The number of benzene rings is 1. The average Bonchev–Trinajstić information content (AvgIpc) is 2.40. The summed E-state index contributed by atoms with van der Waals surface area (Å²) in [6.07, 6.45) is 2.29. The Labute approximate surface area is 133 Å². The van der Waals surface area contributed by atoms with Crippen molar-refractivity contribution >= 4 is 15.9 Å². The van der Waals surface area contributed by atoms with Crippen molar-refractivity contribution in [3.05, 3.63) is 33.8 Å². The van der Waals surface area contributed by atoms with Crippen molar-refractivity contribution in [2.75, 3.05) is 0 Å². The topological polar surface area (TPSA) is 20.2 Å². The van der Waals surface area contributed by atoms with Gasteiger partial charge in [-0.25, -0.2) is 8.78 Å². The molecule has 3 unspecified atom stereocenters. The van der Waals surface area contributed by atoms with Crippen molar-refractivity contribution in [1.29, 1.82) is 0 Å².